The van der Waals surface area contributed by atoms with Crippen molar-refractivity contribution >= 4 is 23.2 Å². The van der Waals surface area contributed by atoms with Crippen molar-refractivity contribution in [3.63, 3.8) is 0 Å². The molecule has 0 unspecified atom stereocenters. The third-order valence-electron chi connectivity index (χ3n) is 2.14. The van der Waals surface area contributed by atoms with Gasteiger partial charge in [0.1, 0.15) is 30.5 Å². The van der Waals surface area contributed by atoms with Gasteiger partial charge in [0.2, 0.25) is 0 Å². The molecule has 0 bridgehead atoms. The van der Waals surface area contributed by atoms with Gasteiger partial charge in [-0.15, -0.1) is 0 Å². The maximum atomic E-state index is 8.84. The first kappa shape index (κ1) is 12.3. The Balaban J connectivity index is 2.02. The normalized spacial score (nSPS) is 10.5. The molecule has 0 aliphatic rings. The second-order valence-corrected chi connectivity index (χ2v) is 4.23. The second-order valence-electron chi connectivity index (χ2n) is 3.39. The predicted octanol–water partition coefficient (Wildman–Crippen LogP) is 3.66. The highest BCUT2D eigenvalue weighted by atomic mass is 35.5. The number of aliphatic hydroxyl groups excluding tert-OH is 1. The van der Waals surface area contributed by atoms with Crippen LogP contribution in [-0.2, 0) is 13.2 Å². The third kappa shape index (κ3) is 3.16. The van der Waals surface area contributed by atoms with Gasteiger partial charge in [-0.2, -0.15) is 0 Å². The molecular formula is C12H10Cl2O3. The molecule has 90 valence electrons. The quantitative estimate of drug-likeness (QED) is 0.924. The highest BCUT2D eigenvalue weighted by molar-refractivity contribution is 6.35. The summed E-state index contributed by atoms with van der Waals surface area (Å²) < 4.78 is 10.7. The first-order valence-corrected chi connectivity index (χ1v) is 5.71. The van der Waals surface area contributed by atoms with Crippen molar-refractivity contribution in [3.8, 4) is 5.75 Å². The lowest BCUT2D eigenvalue weighted by atomic mass is 10.3. The van der Waals surface area contributed by atoms with Crippen LogP contribution in [0.25, 0.3) is 0 Å². The lowest BCUT2D eigenvalue weighted by molar-refractivity contribution is 0.225. The molecule has 0 spiro atoms. The Bertz CT molecular complexity index is 508. The van der Waals surface area contributed by atoms with Crippen LogP contribution < -0.4 is 4.74 Å². The van der Waals surface area contributed by atoms with E-state index < -0.39 is 0 Å². The summed E-state index contributed by atoms with van der Waals surface area (Å²) in [5.41, 5.74) is 0. The van der Waals surface area contributed by atoms with E-state index in [1.54, 1.807) is 30.3 Å². The van der Waals surface area contributed by atoms with Crippen molar-refractivity contribution in [1.29, 1.82) is 0 Å². The van der Waals surface area contributed by atoms with Gasteiger partial charge in [-0.05, 0) is 30.3 Å². The number of halogens is 2. The number of furan rings is 1. The molecule has 3 nitrogen and oxygen atoms in total. The standard InChI is InChI=1S/C12H10Cl2O3/c13-8-1-4-12(11(14)5-8)16-7-10-3-2-9(6-15)17-10/h1-5,15H,6-7H2. The Morgan fingerprint density at radius 3 is 2.53 bits per heavy atom. The first-order valence-electron chi connectivity index (χ1n) is 4.95. The summed E-state index contributed by atoms with van der Waals surface area (Å²) in [4.78, 5) is 0. The number of ether oxygens (including phenoxy) is 1. The van der Waals surface area contributed by atoms with Crippen LogP contribution in [0.5, 0.6) is 5.75 Å². The number of hydrogen-bond acceptors (Lipinski definition) is 3. The molecule has 0 saturated carbocycles. The topological polar surface area (TPSA) is 42.6 Å². The Morgan fingerprint density at radius 1 is 1.12 bits per heavy atom. The Kier molecular flexibility index (Phi) is 3.94. The van der Waals surface area contributed by atoms with Crippen molar-refractivity contribution in [2.24, 2.45) is 0 Å². The van der Waals surface area contributed by atoms with E-state index in [1.807, 2.05) is 0 Å². The molecule has 5 heteroatoms. The van der Waals surface area contributed by atoms with Gasteiger partial charge in [0.15, 0.2) is 0 Å². The zero-order valence-electron chi connectivity index (χ0n) is 8.82. The maximum absolute atomic E-state index is 8.84. The zero-order valence-corrected chi connectivity index (χ0v) is 10.3. The van der Waals surface area contributed by atoms with Gasteiger partial charge in [-0.3, -0.25) is 0 Å². The van der Waals surface area contributed by atoms with Crippen LogP contribution in [0.2, 0.25) is 10.0 Å². The van der Waals surface area contributed by atoms with Gasteiger partial charge >= 0.3 is 0 Å². The van der Waals surface area contributed by atoms with E-state index in [9.17, 15) is 0 Å². The Morgan fingerprint density at radius 2 is 1.88 bits per heavy atom. The van der Waals surface area contributed by atoms with Crippen LogP contribution in [-0.4, -0.2) is 5.11 Å². The van der Waals surface area contributed by atoms with Crippen LogP contribution in [0.15, 0.2) is 34.7 Å². The van der Waals surface area contributed by atoms with Crippen molar-refractivity contribution in [3.05, 3.63) is 51.9 Å². The molecule has 17 heavy (non-hydrogen) atoms. The van der Waals surface area contributed by atoms with Gasteiger partial charge in [-0.25, -0.2) is 0 Å². The summed E-state index contributed by atoms with van der Waals surface area (Å²) in [5.74, 6) is 1.67. The molecule has 0 amide bonds. The average Bonchev–Trinajstić information content (AvgIpc) is 2.76. The minimum absolute atomic E-state index is 0.123. The molecule has 0 radical (unpaired) electrons. The fraction of sp³-hybridized carbons (Fsp3) is 0.167. The molecule has 1 heterocycles. The van der Waals surface area contributed by atoms with Gasteiger partial charge in [0, 0.05) is 5.02 Å². The molecule has 1 aromatic heterocycles. The van der Waals surface area contributed by atoms with Gasteiger partial charge in [0.05, 0.1) is 5.02 Å². The zero-order chi connectivity index (χ0) is 12.3. The van der Waals surface area contributed by atoms with E-state index in [1.165, 1.54) is 0 Å². The van der Waals surface area contributed by atoms with Crippen LogP contribution in [0.4, 0.5) is 0 Å². The lowest BCUT2D eigenvalue weighted by Crippen LogP contribution is -1.94. The highest BCUT2D eigenvalue weighted by Gasteiger charge is 2.05. The Hall–Kier alpha value is -1.16. The van der Waals surface area contributed by atoms with Crippen LogP contribution in [0.3, 0.4) is 0 Å². The molecule has 0 saturated heterocycles. The largest absolute Gasteiger partial charge is 0.484 e. The second kappa shape index (κ2) is 5.45. The smallest absolute Gasteiger partial charge is 0.146 e. The molecule has 2 aromatic rings. The predicted molar refractivity (Wildman–Crippen MR) is 65.4 cm³/mol. The van der Waals surface area contributed by atoms with Crippen molar-refractivity contribution in [2.45, 2.75) is 13.2 Å². The van der Waals surface area contributed by atoms with E-state index in [-0.39, 0.29) is 13.2 Å². The van der Waals surface area contributed by atoms with Gasteiger partial charge in [-0.1, -0.05) is 23.2 Å². The maximum Gasteiger partial charge on any atom is 0.146 e. The third-order valence-corrected chi connectivity index (χ3v) is 2.67. The number of rotatable bonds is 4. The van der Waals surface area contributed by atoms with Crippen LogP contribution >= 0.6 is 23.2 Å². The molecule has 0 atom stereocenters. The summed E-state index contributed by atoms with van der Waals surface area (Å²) in [6.07, 6.45) is 0. The van der Waals surface area contributed by atoms with Crippen molar-refractivity contribution in [2.75, 3.05) is 0 Å². The van der Waals surface area contributed by atoms with Crippen LogP contribution in [0.1, 0.15) is 11.5 Å². The molecule has 1 aromatic carbocycles. The molecule has 0 aliphatic carbocycles. The number of aliphatic hydroxyl groups is 1. The molecule has 2 rings (SSSR count). The Labute approximate surface area is 109 Å². The summed E-state index contributed by atoms with van der Waals surface area (Å²) in [6.45, 7) is 0.128. The fourth-order valence-corrected chi connectivity index (χ4v) is 1.79. The number of benzene rings is 1. The lowest BCUT2D eigenvalue weighted by Gasteiger charge is -2.06. The van der Waals surface area contributed by atoms with E-state index in [2.05, 4.69) is 0 Å². The summed E-state index contributed by atoms with van der Waals surface area (Å²) in [6, 6.07) is 8.45. The van der Waals surface area contributed by atoms with E-state index >= 15 is 0 Å². The molecule has 1 N–H and O–H groups in total. The molecule has 0 fully saturated rings. The summed E-state index contributed by atoms with van der Waals surface area (Å²) in [5, 5.41) is 9.85. The molecular weight excluding hydrogens is 263 g/mol. The minimum atomic E-state index is -0.123. The van der Waals surface area contributed by atoms with Crippen molar-refractivity contribution in [1.82, 2.24) is 0 Å². The van der Waals surface area contributed by atoms with Gasteiger partial charge in [0.25, 0.3) is 0 Å². The number of hydrogen-bond donors (Lipinski definition) is 1. The van der Waals surface area contributed by atoms with E-state index in [0.717, 1.165) is 0 Å². The highest BCUT2D eigenvalue weighted by Crippen LogP contribution is 2.28. The van der Waals surface area contributed by atoms with Gasteiger partial charge < -0.3 is 14.3 Å². The monoisotopic (exact) mass is 272 g/mol. The minimum Gasteiger partial charge on any atom is -0.484 e. The summed E-state index contributed by atoms with van der Waals surface area (Å²) in [7, 11) is 0. The average molecular weight is 273 g/mol. The van der Waals surface area contributed by atoms with Crippen LogP contribution in [0, 0.1) is 0 Å². The van der Waals surface area contributed by atoms with E-state index in [4.69, 9.17) is 37.5 Å². The first-order chi connectivity index (χ1) is 8.19. The van der Waals surface area contributed by atoms with Crippen molar-refractivity contribution < 1.29 is 14.3 Å². The molecule has 0 aliphatic heterocycles. The van der Waals surface area contributed by atoms with E-state index in [0.29, 0.717) is 27.3 Å². The summed E-state index contributed by atoms with van der Waals surface area (Å²) >= 11 is 11.7. The SMILES string of the molecule is OCc1ccc(COc2ccc(Cl)cc2Cl)o1. The fourth-order valence-electron chi connectivity index (χ4n) is 1.33.